The fraction of sp³-hybridized carbons (Fsp3) is 0.333. The molecule has 1 fully saturated rings. The SMILES string of the molecule is COc1cc2ccccc2cc1C(=O)N(CCN1CCOCC1)c1nc2c(C)c(C)ccc2s1. The van der Waals surface area contributed by atoms with E-state index in [0.717, 1.165) is 64.5 Å². The van der Waals surface area contributed by atoms with E-state index in [9.17, 15) is 4.79 Å². The number of carbonyl (C=O) groups excluding carboxylic acids is 1. The number of rotatable bonds is 6. The van der Waals surface area contributed by atoms with Crippen LogP contribution < -0.4 is 9.64 Å². The van der Waals surface area contributed by atoms with Gasteiger partial charge in [-0.25, -0.2) is 4.98 Å². The van der Waals surface area contributed by atoms with Crippen LogP contribution in [-0.4, -0.2) is 62.3 Å². The smallest absolute Gasteiger partial charge is 0.263 e. The molecule has 5 rings (SSSR count). The number of aryl methyl sites for hydroxylation is 2. The van der Waals surface area contributed by atoms with E-state index in [-0.39, 0.29) is 5.91 Å². The number of thiazole rings is 1. The molecule has 2 heterocycles. The van der Waals surface area contributed by atoms with Crippen molar-refractivity contribution in [1.82, 2.24) is 9.88 Å². The van der Waals surface area contributed by atoms with Crippen molar-refractivity contribution in [3.8, 4) is 5.75 Å². The molecule has 7 heteroatoms. The molecule has 4 aromatic rings. The molecular weight excluding hydrogens is 446 g/mol. The zero-order valence-corrected chi connectivity index (χ0v) is 20.7. The van der Waals surface area contributed by atoms with Gasteiger partial charge in [-0.2, -0.15) is 0 Å². The Bertz CT molecular complexity index is 1340. The molecule has 0 atom stereocenters. The predicted molar refractivity (Wildman–Crippen MR) is 139 cm³/mol. The van der Waals surface area contributed by atoms with Gasteiger partial charge < -0.3 is 9.47 Å². The average Bonchev–Trinajstić information content (AvgIpc) is 3.31. The number of ether oxygens (including phenoxy) is 2. The van der Waals surface area contributed by atoms with E-state index in [1.54, 1.807) is 18.4 Å². The molecule has 3 aromatic carbocycles. The molecule has 0 saturated carbocycles. The molecular formula is C27H29N3O3S. The average molecular weight is 476 g/mol. The molecule has 0 spiro atoms. The lowest BCUT2D eigenvalue weighted by Gasteiger charge is -2.29. The summed E-state index contributed by atoms with van der Waals surface area (Å²) >= 11 is 1.56. The third-order valence-corrected chi connectivity index (χ3v) is 7.63. The van der Waals surface area contributed by atoms with E-state index >= 15 is 0 Å². The first-order valence-corrected chi connectivity index (χ1v) is 12.4. The first-order valence-electron chi connectivity index (χ1n) is 11.6. The topological polar surface area (TPSA) is 54.9 Å². The third-order valence-electron chi connectivity index (χ3n) is 6.59. The van der Waals surface area contributed by atoms with Crippen LogP contribution in [0.1, 0.15) is 21.5 Å². The molecule has 1 saturated heterocycles. The van der Waals surface area contributed by atoms with Crippen LogP contribution in [0.3, 0.4) is 0 Å². The van der Waals surface area contributed by atoms with Crippen LogP contribution in [0, 0.1) is 13.8 Å². The molecule has 1 aliphatic heterocycles. The Morgan fingerprint density at radius 1 is 1.12 bits per heavy atom. The van der Waals surface area contributed by atoms with Gasteiger partial charge in [0.1, 0.15) is 5.75 Å². The van der Waals surface area contributed by atoms with Crippen molar-refractivity contribution < 1.29 is 14.3 Å². The van der Waals surface area contributed by atoms with Gasteiger partial charge in [-0.15, -0.1) is 0 Å². The number of benzene rings is 3. The number of anilines is 1. The molecule has 0 radical (unpaired) electrons. The summed E-state index contributed by atoms with van der Waals surface area (Å²) in [4.78, 5) is 23.1. The predicted octanol–water partition coefficient (Wildman–Crippen LogP) is 5.05. The molecule has 176 valence electrons. The highest BCUT2D eigenvalue weighted by atomic mass is 32.1. The maximum Gasteiger partial charge on any atom is 0.263 e. The summed E-state index contributed by atoms with van der Waals surface area (Å²) in [6, 6.07) is 16.1. The molecule has 0 N–H and O–H groups in total. The van der Waals surface area contributed by atoms with E-state index in [0.29, 0.717) is 17.9 Å². The van der Waals surface area contributed by atoms with Gasteiger partial charge in [-0.05, 0) is 53.9 Å². The minimum atomic E-state index is -0.0932. The summed E-state index contributed by atoms with van der Waals surface area (Å²) in [5.74, 6) is 0.484. The summed E-state index contributed by atoms with van der Waals surface area (Å²) in [6.07, 6.45) is 0. The molecule has 0 unspecified atom stereocenters. The minimum Gasteiger partial charge on any atom is -0.496 e. The van der Waals surface area contributed by atoms with Gasteiger partial charge in [0, 0.05) is 26.2 Å². The van der Waals surface area contributed by atoms with Gasteiger partial charge in [-0.1, -0.05) is 41.7 Å². The molecule has 6 nitrogen and oxygen atoms in total. The van der Waals surface area contributed by atoms with Crippen molar-refractivity contribution >= 4 is 43.4 Å². The fourth-order valence-corrected chi connectivity index (χ4v) is 5.43. The van der Waals surface area contributed by atoms with E-state index in [1.165, 1.54) is 5.56 Å². The lowest BCUT2D eigenvalue weighted by Crippen LogP contribution is -2.43. The van der Waals surface area contributed by atoms with Gasteiger partial charge in [0.05, 0.1) is 36.1 Å². The van der Waals surface area contributed by atoms with E-state index in [2.05, 4.69) is 30.9 Å². The van der Waals surface area contributed by atoms with Crippen LogP contribution in [0.2, 0.25) is 0 Å². The normalized spacial score (nSPS) is 14.6. The fourth-order valence-electron chi connectivity index (χ4n) is 4.38. The van der Waals surface area contributed by atoms with Crippen molar-refractivity contribution in [3.63, 3.8) is 0 Å². The zero-order chi connectivity index (χ0) is 23.7. The van der Waals surface area contributed by atoms with E-state index in [4.69, 9.17) is 14.5 Å². The zero-order valence-electron chi connectivity index (χ0n) is 19.8. The van der Waals surface area contributed by atoms with Crippen molar-refractivity contribution in [1.29, 1.82) is 0 Å². The number of methoxy groups -OCH3 is 1. The van der Waals surface area contributed by atoms with Crippen LogP contribution in [-0.2, 0) is 4.74 Å². The van der Waals surface area contributed by atoms with Crippen molar-refractivity contribution in [2.24, 2.45) is 0 Å². The second-order valence-corrected chi connectivity index (χ2v) is 9.67. The first kappa shape index (κ1) is 22.8. The van der Waals surface area contributed by atoms with Crippen molar-refractivity contribution in [2.75, 3.05) is 51.4 Å². The number of morpholine rings is 1. The molecule has 1 amide bonds. The highest BCUT2D eigenvalue weighted by molar-refractivity contribution is 7.22. The van der Waals surface area contributed by atoms with E-state index < -0.39 is 0 Å². The lowest BCUT2D eigenvalue weighted by molar-refractivity contribution is 0.0391. The minimum absolute atomic E-state index is 0.0932. The van der Waals surface area contributed by atoms with Gasteiger partial charge in [0.2, 0.25) is 0 Å². The number of amides is 1. The third kappa shape index (κ3) is 4.39. The molecule has 0 bridgehead atoms. The van der Waals surface area contributed by atoms with Gasteiger partial charge in [-0.3, -0.25) is 14.6 Å². The highest BCUT2D eigenvalue weighted by Crippen LogP contribution is 2.34. The Hall–Kier alpha value is -3.00. The molecule has 0 aliphatic carbocycles. The quantitative estimate of drug-likeness (QED) is 0.390. The maximum atomic E-state index is 14.0. The second kappa shape index (κ2) is 9.70. The van der Waals surface area contributed by atoms with Gasteiger partial charge in [0.15, 0.2) is 5.13 Å². The summed E-state index contributed by atoms with van der Waals surface area (Å²) < 4.78 is 12.2. The van der Waals surface area contributed by atoms with Gasteiger partial charge in [0.25, 0.3) is 5.91 Å². The Labute approximate surface area is 203 Å². The Balaban J connectivity index is 1.55. The molecule has 1 aromatic heterocycles. The van der Waals surface area contributed by atoms with Crippen LogP contribution in [0.4, 0.5) is 5.13 Å². The summed E-state index contributed by atoms with van der Waals surface area (Å²) in [5.41, 5.74) is 3.88. The number of aromatic nitrogens is 1. The Morgan fingerprint density at radius 2 is 1.85 bits per heavy atom. The molecule has 1 aliphatic rings. The van der Waals surface area contributed by atoms with Crippen LogP contribution >= 0.6 is 11.3 Å². The largest absolute Gasteiger partial charge is 0.496 e. The lowest BCUT2D eigenvalue weighted by atomic mass is 10.0. The Morgan fingerprint density at radius 3 is 2.59 bits per heavy atom. The number of fused-ring (bicyclic) bond motifs is 2. The summed E-state index contributed by atoms with van der Waals surface area (Å²) in [6.45, 7) is 8.70. The number of hydrogen-bond acceptors (Lipinski definition) is 6. The summed E-state index contributed by atoms with van der Waals surface area (Å²) in [5, 5.41) is 2.77. The first-order chi connectivity index (χ1) is 16.5. The van der Waals surface area contributed by atoms with Crippen molar-refractivity contribution in [2.45, 2.75) is 13.8 Å². The maximum absolute atomic E-state index is 14.0. The van der Waals surface area contributed by atoms with Crippen LogP contribution in [0.15, 0.2) is 48.5 Å². The number of hydrogen-bond donors (Lipinski definition) is 0. The monoisotopic (exact) mass is 475 g/mol. The molecule has 34 heavy (non-hydrogen) atoms. The van der Waals surface area contributed by atoms with E-state index in [1.807, 2.05) is 41.3 Å². The van der Waals surface area contributed by atoms with Crippen LogP contribution in [0.25, 0.3) is 21.0 Å². The summed E-state index contributed by atoms with van der Waals surface area (Å²) in [7, 11) is 1.61. The van der Waals surface area contributed by atoms with Crippen molar-refractivity contribution in [3.05, 3.63) is 65.2 Å². The van der Waals surface area contributed by atoms with Crippen LogP contribution in [0.5, 0.6) is 5.75 Å². The highest BCUT2D eigenvalue weighted by Gasteiger charge is 2.26. The number of nitrogens with zero attached hydrogens (tertiary/aromatic N) is 3. The second-order valence-electron chi connectivity index (χ2n) is 8.66. The number of carbonyl (C=O) groups is 1. The standard InChI is InChI=1S/C27H29N3O3S/c1-18-8-9-24-25(19(18)2)28-27(34-24)30(11-10-29-12-14-33-15-13-29)26(31)22-16-20-6-4-5-7-21(20)17-23(22)32-3/h4-9,16-17H,10-15H2,1-3H3. The Kier molecular flexibility index (Phi) is 6.50. The van der Waals surface area contributed by atoms with Gasteiger partial charge >= 0.3 is 0 Å².